The molecule has 0 fully saturated rings. The third-order valence-corrected chi connectivity index (χ3v) is 3.96. The van der Waals surface area contributed by atoms with Crippen molar-refractivity contribution in [3.8, 4) is 11.1 Å². The molecule has 0 saturated carbocycles. The molecule has 2 aromatic carbocycles. The number of carboxylic acids is 1. The number of carboxylic acid groups (broad SMARTS) is 1. The molecule has 0 aliphatic heterocycles. The maximum atomic E-state index is 12.6. The number of aromatic carboxylic acids is 1. The zero-order valence-electron chi connectivity index (χ0n) is 12.4. The second-order valence-electron chi connectivity index (χ2n) is 5.08. The summed E-state index contributed by atoms with van der Waals surface area (Å²) in [5, 5.41) is 9.14. The van der Waals surface area contributed by atoms with Crippen molar-refractivity contribution in [2.24, 2.45) is 11.5 Å². The molecule has 5 N–H and O–H groups in total. The van der Waals surface area contributed by atoms with E-state index in [9.17, 15) is 9.59 Å². The molecule has 0 saturated heterocycles. The maximum Gasteiger partial charge on any atom is 0.335 e. The fourth-order valence-corrected chi connectivity index (χ4v) is 2.56. The minimum atomic E-state index is -1.03. The third-order valence-electron chi connectivity index (χ3n) is 3.57. The molecule has 0 amide bonds. The first kappa shape index (κ1) is 17.2. The Morgan fingerprint density at radius 1 is 1.17 bits per heavy atom. The first-order valence-electron chi connectivity index (χ1n) is 7.06. The number of Topliss-reactive ketones (excluding diaryl/α,β-unsaturated/α-hetero) is 1. The van der Waals surface area contributed by atoms with Gasteiger partial charge in [0.05, 0.1) is 11.6 Å². The van der Waals surface area contributed by atoms with Gasteiger partial charge < -0.3 is 16.6 Å². The second kappa shape index (κ2) is 7.41. The molecule has 23 heavy (non-hydrogen) atoms. The SMILES string of the molecule is NCc1cccc(-c2cccc(C(=O)O)c2)c1C(=O)[C@@H](N)CS. The topological polar surface area (TPSA) is 106 Å². The fraction of sp³-hybridized carbons (Fsp3) is 0.176. The van der Waals surface area contributed by atoms with Gasteiger partial charge >= 0.3 is 5.97 Å². The number of rotatable bonds is 6. The van der Waals surface area contributed by atoms with Gasteiger partial charge in [-0.1, -0.05) is 30.3 Å². The van der Waals surface area contributed by atoms with Crippen molar-refractivity contribution in [3.63, 3.8) is 0 Å². The van der Waals surface area contributed by atoms with Gasteiger partial charge in [0.2, 0.25) is 0 Å². The van der Waals surface area contributed by atoms with Crippen molar-refractivity contribution in [1.29, 1.82) is 0 Å². The number of ketones is 1. The highest BCUT2D eigenvalue weighted by Crippen LogP contribution is 2.28. The van der Waals surface area contributed by atoms with Crippen LogP contribution in [-0.2, 0) is 6.54 Å². The van der Waals surface area contributed by atoms with Crippen LogP contribution in [0.5, 0.6) is 0 Å². The van der Waals surface area contributed by atoms with Crippen molar-refractivity contribution >= 4 is 24.4 Å². The minimum Gasteiger partial charge on any atom is -0.478 e. The van der Waals surface area contributed by atoms with E-state index in [4.69, 9.17) is 16.6 Å². The average Bonchev–Trinajstić information content (AvgIpc) is 2.59. The van der Waals surface area contributed by atoms with Crippen LogP contribution in [0.3, 0.4) is 0 Å². The lowest BCUT2D eigenvalue weighted by molar-refractivity contribution is 0.0696. The standard InChI is InChI=1S/C17H18N2O3S/c18-8-12-5-2-6-13(15(12)16(20)14(19)9-23)10-3-1-4-11(7-10)17(21)22/h1-7,14,23H,8-9,18-19H2,(H,21,22)/t14-/m0/s1. The van der Waals surface area contributed by atoms with Crippen molar-refractivity contribution in [2.75, 3.05) is 5.75 Å². The maximum absolute atomic E-state index is 12.6. The van der Waals surface area contributed by atoms with Gasteiger partial charge in [-0.15, -0.1) is 0 Å². The molecule has 0 bridgehead atoms. The minimum absolute atomic E-state index is 0.151. The lowest BCUT2D eigenvalue weighted by atomic mass is 9.90. The molecule has 2 rings (SSSR count). The van der Waals surface area contributed by atoms with Crippen LogP contribution >= 0.6 is 12.6 Å². The molecule has 0 radical (unpaired) electrons. The number of thiol groups is 1. The quantitative estimate of drug-likeness (QED) is 0.478. The van der Waals surface area contributed by atoms with E-state index in [0.717, 1.165) is 0 Å². The van der Waals surface area contributed by atoms with Crippen molar-refractivity contribution in [1.82, 2.24) is 0 Å². The Hall–Kier alpha value is -2.15. The smallest absolute Gasteiger partial charge is 0.335 e. The van der Waals surface area contributed by atoms with Crippen LogP contribution in [0.25, 0.3) is 11.1 Å². The molecular weight excluding hydrogens is 312 g/mol. The van der Waals surface area contributed by atoms with Crippen molar-refractivity contribution in [2.45, 2.75) is 12.6 Å². The highest BCUT2D eigenvalue weighted by Gasteiger charge is 2.21. The number of hydrogen-bond acceptors (Lipinski definition) is 5. The van der Waals surface area contributed by atoms with E-state index in [2.05, 4.69) is 12.6 Å². The molecule has 0 spiro atoms. The summed E-state index contributed by atoms with van der Waals surface area (Å²) in [6.07, 6.45) is 0. The Morgan fingerprint density at radius 2 is 1.87 bits per heavy atom. The fourth-order valence-electron chi connectivity index (χ4n) is 2.39. The molecule has 0 heterocycles. The van der Waals surface area contributed by atoms with Gasteiger partial charge in [0, 0.05) is 17.9 Å². The van der Waals surface area contributed by atoms with E-state index in [1.165, 1.54) is 12.1 Å². The van der Waals surface area contributed by atoms with Crippen LogP contribution in [0, 0.1) is 0 Å². The number of benzene rings is 2. The zero-order chi connectivity index (χ0) is 17.0. The molecule has 0 aromatic heterocycles. The van der Waals surface area contributed by atoms with E-state index < -0.39 is 12.0 Å². The first-order valence-corrected chi connectivity index (χ1v) is 7.69. The molecule has 6 heteroatoms. The largest absolute Gasteiger partial charge is 0.478 e. The summed E-state index contributed by atoms with van der Waals surface area (Å²) >= 11 is 4.08. The number of carbonyl (C=O) groups excluding carboxylic acids is 1. The Bertz CT molecular complexity index is 746. The van der Waals surface area contributed by atoms with E-state index in [1.54, 1.807) is 30.3 Å². The molecular formula is C17H18N2O3S. The second-order valence-corrected chi connectivity index (χ2v) is 5.45. The summed E-state index contributed by atoms with van der Waals surface area (Å²) in [6, 6.07) is 11.0. The lowest BCUT2D eigenvalue weighted by Gasteiger charge is -2.16. The highest BCUT2D eigenvalue weighted by atomic mass is 32.1. The molecule has 0 aliphatic rings. The number of nitrogens with two attached hydrogens (primary N) is 2. The average molecular weight is 330 g/mol. The monoisotopic (exact) mass is 330 g/mol. The zero-order valence-corrected chi connectivity index (χ0v) is 13.3. The summed E-state index contributed by atoms with van der Waals surface area (Å²) in [7, 11) is 0. The van der Waals surface area contributed by atoms with Gasteiger partial charge in [0.1, 0.15) is 0 Å². The molecule has 2 aromatic rings. The Kier molecular flexibility index (Phi) is 5.54. The van der Waals surface area contributed by atoms with Gasteiger partial charge in [-0.05, 0) is 28.8 Å². The molecule has 0 aliphatic carbocycles. The summed E-state index contributed by atoms with van der Waals surface area (Å²) in [5.74, 6) is -1.06. The molecule has 5 nitrogen and oxygen atoms in total. The lowest BCUT2D eigenvalue weighted by Crippen LogP contribution is -2.33. The summed E-state index contributed by atoms with van der Waals surface area (Å²) in [6.45, 7) is 0.187. The Balaban J connectivity index is 2.65. The van der Waals surface area contributed by atoms with Gasteiger partial charge in [-0.3, -0.25) is 4.79 Å². The van der Waals surface area contributed by atoms with E-state index >= 15 is 0 Å². The van der Waals surface area contributed by atoms with Crippen LogP contribution in [0.2, 0.25) is 0 Å². The highest BCUT2D eigenvalue weighted by molar-refractivity contribution is 7.80. The molecule has 120 valence electrons. The van der Waals surface area contributed by atoms with Crippen LogP contribution in [0.1, 0.15) is 26.3 Å². The number of carbonyl (C=O) groups is 2. The molecule has 0 unspecified atom stereocenters. The normalized spacial score (nSPS) is 12.0. The van der Waals surface area contributed by atoms with Gasteiger partial charge in [0.15, 0.2) is 5.78 Å². The van der Waals surface area contributed by atoms with Crippen LogP contribution in [0.15, 0.2) is 42.5 Å². The van der Waals surface area contributed by atoms with Crippen LogP contribution < -0.4 is 11.5 Å². The van der Waals surface area contributed by atoms with Crippen molar-refractivity contribution < 1.29 is 14.7 Å². The predicted molar refractivity (Wildman–Crippen MR) is 92.9 cm³/mol. The van der Waals surface area contributed by atoms with Crippen molar-refractivity contribution in [3.05, 3.63) is 59.2 Å². The summed E-state index contributed by atoms with van der Waals surface area (Å²) < 4.78 is 0. The third kappa shape index (κ3) is 3.61. The van der Waals surface area contributed by atoms with Crippen LogP contribution in [0.4, 0.5) is 0 Å². The number of hydrogen-bond donors (Lipinski definition) is 4. The summed E-state index contributed by atoms with van der Waals surface area (Å²) in [5.41, 5.74) is 14.1. The van der Waals surface area contributed by atoms with Gasteiger partial charge in [0.25, 0.3) is 0 Å². The van der Waals surface area contributed by atoms with Gasteiger partial charge in [-0.2, -0.15) is 12.6 Å². The Morgan fingerprint density at radius 3 is 2.48 bits per heavy atom. The Labute approximate surface area is 139 Å². The predicted octanol–water partition coefficient (Wildman–Crippen LogP) is 1.95. The van der Waals surface area contributed by atoms with E-state index in [1.807, 2.05) is 0 Å². The molecule has 1 atom stereocenters. The summed E-state index contributed by atoms with van der Waals surface area (Å²) in [4.78, 5) is 23.8. The van der Waals surface area contributed by atoms with E-state index in [0.29, 0.717) is 22.3 Å². The van der Waals surface area contributed by atoms with Crippen LogP contribution in [-0.4, -0.2) is 28.7 Å². The first-order chi connectivity index (χ1) is 11.0. The van der Waals surface area contributed by atoms with Gasteiger partial charge in [-0.25, -0.2) is 4.79 Å². The van der Waals surface area contributed by atoms with E-state index in [-0.39, 0.29) is 23.6 Å².